The third-order valence-electron chi connectivity index (χ3n) is 2.75. The van der Waals surface area contributed by atoms with E-state index in [2.05, 4.69) is 9.62 Å². The number of nitrogens with one attached hydrogen (secondary N) is 1. The van der Waals surface area contributed by atoms with Gasteiger partial charge in [-0.15, -0.1) is 11.6 Å². The van der Waals surface area contributed by atoms with Crippen LogP contribution >= 0.6 is 11.6 Å². The molecule has 1 N–H and O–H groups in total. The molecule has 1 heterocycles. The van der Waals surface area contributed by atoms with Crippen molar-refractivity contribution in [3.05, 3.63) is 0 Å². The topological polar surface area (TPSA) is 49.4 Å². The number of sulfonamides is 1. The van der Waals surface area contributed by atoms with Crippen molar-refractivity contribution in [2.45, 2.75) is 25.7 Å². The molecule has 6 heteroatoms. The summed E-state index contributed by atoms with van der Waals surface area (Å²) in [6.45, 7) is 3.54. The molecule has 4 nitrogen and oxygen atoms in total. The Balaban J connectivity index is 2.13. The van der Waals surface area contributed by atoms with E-state index in [1.807, 2.05) is 0 Å². The molecule has 0 aromatic heterocycles. The molecule has 0 aliphatic carbocycles. The third kappa shape index (κ3) is 6.03. The summed E-state index contributed by atoms with van der Waals surface area (Å²) in [5.41, 5.74) is 0. The quantitative estimate of drug-likeness (QED) is 0.702. The van der Waals surface area contributed by atoms with Crippen molar-refractivity contribution < 1.29 is 8.42 Å². The lowest BCUT2D eigenvalue weighted by Gasteiger charge is -2.26. The van der Waals surface area contributed by atoms with Gasteiger partial charge in [-0.05, 0) is 32.4 Å². The number of nitrogens with zero attached hydrogens (tertiary/aromatic N) is 1. The number of hydrogen-bond donors (Lipinski definition) is 1. The Labute approximate surface area is 103 Å². The van der Waals surface area contributed by atoms with E-state index in [0.29, 0.717) is 18.8 Å². The predicted octanol–water partition coefficient (Wildman–Crippen LogP) is 1.02. The Morgan fingerprint density at radius 3 is 2.50 bits per heavy atom. The summed E-state index contributed by atoms with van der Waals surface area (Å²) in [4.78, 5) is 2.31. The van der Waals surface area contributed by atoms with Crippen LogP contribution in [-0.2, 0) is 10.0 Å². The highest BCUT2D eigenvalue weighted by molar-refractivity contribution is 7.89. The highest BCUT2D eigenvalue weighted by Gasteiger charge is 2.12. The number of piperidine rings is 1. The smallest absolute Gasteiger partial charge is 0.211 e. The molecule has 0 radical (unpaired) electrons. The number of alkyl halides is 1. The molecule has 1 fully saturated rings. The predicted molar refractivity (Wildman–Crippen MR) is 67.4 cm³/mol. The summed E-state index contributed by atoms with van der Waals surface area (Å²) in [7, 11) is -3.11. The van der Waals surface area contributed by atoms with Gasteiger partial charge in [-0.3, -0.25) is 0 Å². The Morgan fingerprint density at radius 1 is 1.19 bits per heavy atom. The fourth-order valence-corrected chi connectivity index (χ4v) is 3.22. The highest BCUT2D eigenvalue weighted by atomic mass is 35.5. The van der Waals surface area contributed by atoms with E-state index < -0.39 is 10.0 Å². The van der Waals surface area contributed by atoms with E-state index in [0.717, 1.165) is 19.6 Å². The van der Waals surface area contributed by atoms with E-state index in [4.69, 9.17) is 11.6 Å². The van der Waals surface area contributed by atoms with Gasteiger partial charge in [-0.2, -0.15) is 0 Å². The van der Waals surface area contributed by atoms with Crippen molar-refractivity contribution in [2.75, 3.05) is 37.8 Å². The van der Waals surface area contributed by atoms with Gasteiger partial charge in [0.15, 0.2) is 0 Å². The van der Waals surface area contributed by atoms with Crippen LogP contribution in [0.1, 0.15) is 25.7 Å². The van der Waals surface area contributed by atoms with Crippen molar-refractivity contribution >= 4 is 21.6 Å². The zero-order valence-corrected chi connectivity index (χ0v) is 11.2. The average Bonchev–Trinajstić information content (AvgIpc) is 2.28. The van der Waals surface area contributed by atoms with Gasteiger partial charge in [0.05, 0.1) is 5.75 Å². The Morgan fingerprint density at radius 2 is 1.88 bits per heavy atom. The number of likely N-dealkylation sites (tertiary alicyclic amines) is 1. The highest BCUT2D eigenvalue weighted by Crippen LogP contribution is 2.07. The summed E-state index contributed by atoms with van der Waals surface area (Å²) in [5.74, 6) is 0.531. The van der Waals surface area contributed by atoms with Gasteiger partial charge in [0.25, 0.3) is 0 Å². The lowest BCUT2D eigenvalue weighted by atomic mass is 10.1. The van der Waals surface area contributed by atoms with Gasteiger partial charge >= 0.3 is 0 Å². The molecule has 0 unspecified atom stereocenters. The fraction of sp³-hybridized carbons (Fsp3) is 1.00. The molecule has 0 amide bonds. The zero-order valence-electron chi connectivity index (χ0n) is 9.62. The lowest BCUT2D eigenvalue weighted by molar-refractivity contribution is 0.233. The molecule has 1 saturated heterocycles. The first-order valence-electron chi connectivity index (χ1n) is 5.90. The molecular weight excluding hydrogens is 248 g/mol. The van der Waals surface area contributed by atoms with Crippen LogP contribution in [0.15, 0.2) is 0 Å². The number of halogens is 1. The lowest BCUT2D eigenvalue weighted by Crippen LogP contribution is -2.38. The van der Waals surface area contributed by atoms with Crippen molar-refractivity contribution in [3.63, 3.8) is 0 Å². The van der Waals surface area contributed by atoms with Crippen LogP contribution in [0, 0.1) is 0 Å². The van der Waals surface area contributed by atoms with Crippen molar-refractivity contribution in [1.29, 1.82) is 0 Å². The first-order valence-corrected chi connectivity index (χ1v) is 8.08. The molecule has 0 aromatic carbocycles. The molecule has 1 aliphatic rings. The minimum Gasteiger partial charge on any atom is -0.302 e. The molecule has 1 aliphatic heterocycles. The Kier molecular flexibility index (Phi) is 6.65. The van der Waals surface area contributed by atoms with Crippen LogP contribution in [0.3, 0.4) is 0 Å². The van der Waals surface area contributed by atoms with Gasteiger partial charge < -0.3 is 4.90 Å². The molecular formula is C10H21ClN2O2S. The molecule has 96 valence electrons. The maximum atomic E-state index is 11.4. The van der Waals surface area contributed by atoms with E-state index in [-0.39, 0.29) is 5.75 Å². The minimum absolute atomic E-state index is 0.135. The summed E-state index contributed by atoms with van der Waals surface area (Å²) in [6.07, 6.45) is 4.29. The normalized spacial score (nSPS) is 18.8. The Bertz CT molecular complexity index is 277. The third-order valence-corrected chi connectivity index (χ3v) is 4.48. The molecule has 0 aromatic rings. The maximum absolute atomic E-state index is 11.4. The monoisotopic (exact) mass is 268 g/mol. The molecule has 0 spiro atoms. The van der Waals surface area contributed by atoms with Gasteiger partial charge in [-0.1, -0.05) is 6.42 Å². The van der Waals surface area contributed by atoms with Gasteiger partial charge in [0.1, 0.15) is 0 Å². The number of hydrogen-bond acceptors (Lipinski definition) is 3. The second-order valence-corrected chi connectivity index (χ2v) is 6.46. The maximum Gasteiger partial charge on any atom is 0.211 e. The van der Waals surface area contributed by atoms with E-state index in [1.165, 1.54) is 19.3 Å². The van der Waals surface area contributed by atoms with E-state index in [9.17, 15) is 8.42 Å². The van der Waals surface area contributed by atoms with E-state index >= 15 is 0 Å². The van der Waals surface area contributed by atoms with Crippen LogP contribution < -0.4 is 4.72 Å². The zero-order chi connectivity index (χ0) is 11.9. The first kappa shape index (κ1) is 14.2. The minimum atomic E-state index is -3.11. The summed E-state index contributed by atoms with van der Waals surface area (Å²) in [6, 6.07) is 0. The van der Waals surface area contributed by atoms with Crippen LogP contribution in [0.5, 0.6) is 0 Å². The summed E-state index contributed by atoms with van der Waals surface area (Å²) < 4.78 is 25.5. The second-order valence-electron chi connectivity index (χ2n) is 4.16. The largest absolute Gasteiger partial charge is 0.302 e. The summed E-state index contributed by atoms with van der Waals surface area (Å²) >= 11 is 5.46. The van der Waals surface area contributed by atoms with Gasteiger partial charge in [0, 0.05) is 19.0 Å². The molecule has 16 heavy (non-hydrogen) atoms. The molecule has 0 bridgehead atoms. The standard InChI is InChI=1S/C10H21ClN2O2S/c11-5-4-10-16(14,15)12-6-9-13-7-2-1-3-8-13/h12H,1-10H2. The number of rotatable bonds is 7. The van der Waals surface area contributed by atoms with Crippen molar-refractivity contribution in [3.8, 4) is 0 Å². The Hall–Kier alpha value is 0.160. The van der Waals surface area contributed by atoms with Gasteiger partial charge in [-0.25, -0.2) is 13.1 Å². The molecule has 0 saturated carbocycles. The molecule has 0 atom stereocenters. The SMILES string of the molecule is O=S(=O)(CCCCl)NCCN1CCCCC1. The first-order chi connectivity index (χ1) is 7.64. The van der Waals surface area contributed by atoms with Crippen LogP contribution in [0.2, 0.25) is 0 Å². The summed E-state index contributed by atoms with van der Waals surface area (Å²) in [5, 5.41) is 0. The van der Waals surface area contributed by atoms with E-state index in [1.54, 1.807) is 0 Å². The van der Waals surface area contributed by atoms with Gasteiger partial charge in [0.2, 0.25) is 10.0 Å². The average molecular weight is 269 g/mol. The second kappa shape index (κ2) is 7.48. The molecule has 1 rings (SSSR count). The fourth-order valence-electron chi connectivity index (χ4n) is 1.86. The van der Waals surface area contributed by atoms with Crippen molar-refractivity contribution in [2.24, 2.45) is 0 Å². The van der Waals surface area contributed by atoms with Crippen LogP contribution in [0.4, 0.5) is 0 Å². The van der Waals surface area contributed by atoms with Crippen LogP contribution in [-0.4, -0.2) is 51.1 Å². The van der Waals surface area contributed by atoms with Crippen molar-refractivity contribution in [1.82, 2.24) is 9.62 Å². The van der Waals surface area contributed by atoms with Crippen LogP contribution in [0.25, 0.3) is 0 Å².